The molecule has 0 unspecified atom stereocenters. The van der Waals surface area contributed by atoms with Crippen molar-refractivity contribution in [1.29, 1.82) is 0 Å². The Labute approximate surface area is 145 Å². The molecule has 5 nitrogen and oxygen atoms in total. The molecular weight excluding hydrogens is 332 g/mol. The predicted octanol–water partition coefficient (Wildman–Crippen LogP) is 2.85. The van der Waals surface area contributed by atoms with Crippen molar-refractivity contribution in [1.82, 2.24) is 5.32 Å². The lowest BCUT2D eigenvalue weighted by molar-refractivity contribution is -0.152. The van der Waals surface area contributed by atoms with E-state index in [-0.39, 0.29) is 30.2 Å². The summed E-state index contributed by atoms with van der Waals surface area (Å²) in [5.41, 5.74) is 0.868. The fraction of sp³-hybridized carbons (Fsp3) is 0.444. The maximum absolute atomic E-state index is 12.1. The number of hydrogen-bond donors (Lipinski definition) is 1. The van der Waals surface area contributed by atoms with Gasteiger partial charge in [0, 0.05) is 6.54 Å². The van der Waals surface area contributed by atoms with Crippen LogP contribution >= 0.6 is 0 Å². The van der Waals surface area contributed by atoms with Gasteiger partial charge < -0.3 is 14.8 Å². The number of ether oxygens (including phenoxy) is 2. The van der Waals surface area contributed by atoms with Gasteiger partial charge in [0.15, 0.2) is 6.61 Å². The van der Waals surface area contributed by atoms with E-state index in [1.54, 1.807) is 12.1 Å². The molecule has 0 fully saturated rings. The SMILES string of the molecule is O=C(COC(=O)[C@H]1CC=CCC1)NCCc1ccc(OC(F)F)cc1. The minimum Gasteiger partial charge on any atom is -0.455 e. The van der Waals surface area contributed by atoms with Crippen LogP contribution in [0.2, 0.25) is 0 Å². The number of esters is 1. The summed E-state index contributed by atoms with van der Waals surface area (Å²) < 4.78 is 33.4. The van der Waals surface area contributed by atoms with Crippen LogP contribution in [0.15, 0.2) is 36.4 Å². The van der Waals surface area contributed by atoms with Crippen LogP contribution in [0.4, 0.5) is 8.78 Å². The number of carbonyl (C=O) groups is 2. The average Bonchev–Trinajstić information content (AvgIpc) is 2.61. The van der Waals surface area contributed by atoms with E-state index in [9.17, 15) is 18.4 Å². The van der Waals surface area contributed by atoms with Crippen molar-refractivity contribution in [2.45, 2.75) is 32.3 Å². The van der Waals surface area contributed by atoms with Gasteiger partial charge in [0.1, 0.15) is 5.75 Å². The molecule has 0 saturated carbocycles. The second kappa shape index (κ2) is 9.76. The third kappa shape index (κ3) is 6.91. The zero-order valence-electron chi connectivity index (χ0n) is 13.8. The summed E-state index contributed by atoms with van der Waals surface area (Å²) >= 11 is 0. The highest BCUT2D eigenvalue weighted by Gasteiger charge is 2.20. The topological polar surface area (TPSA) is 64.6 Å². The van der Waals surface area contributed by atoms with Crippen LogP contribution in [0.1, 0.15) is 24.8 Å². The Bertz CT molecular complexity index is 602. The molecule has 0 heterocycles. The molecule has 1 aromatic carbocycles. The highest BCUT2D eigenvalue weighted by Crippen LogP contribution is 2.19. The van der Waals surface area contributed by atoms with Crippen molar-refractivity contribution in [2.75, 3.05) is 13.2 Å². The fourth-order valence-electron chi connectivity index (χ4n) is 2.50. The highest BCUT2D eigenvalue weighted by atomic mass is 19.3. The maximum Gasteiger partial charge on any atom is 0.387 e. The van der Waals surface area contributed by atoms with Crippen LogP contribution in [-0.4, -0.2) is 31.6 Å². The number of alkyl halides is 2. The lowest BCUT2D eigenvalue weighted by atomic mass is 9.95. The number of rotatable bonds is 8. The van der Waals surface area contributed by atoms with Gasteiger partial charge in [-0.05, 0) is 43.4 Å². The van der Waals surface area contributed by atoms with Crippen molar-refractivity contribution < 1.29 is 27.8 Å². The third-order valence-corrected chi connectivity index (χ3v) is 3.83. The van der Waals surface area contributed by atoms with Crippen LogP contribution in [-0.2, 0) is 20.7 Å². The van der Waals surface area contributed by atoms with Crippen LogP contribution in [0, 0.1) is 5.92 Å². The Hall–Kier alpha value is -2.44. The molecule has 7 heteroatoms. The van der Waals surface area contributed by atoms with E-state index in [4.69, 9.17) is 4.74 Å². The molecule has 0 aromatic heterocycles. The second-order valence-corrected chi connectivity index (χ2v) is 5.71. The van der Waals surface area contributed by atoms with Gasteiger partial charge in [-0.2, -0.15) is 8.78 Å². The van der Waals surface area contributed by atoms with Crippen molar-refractivity contribution in [2.24, 2.45) is 5.92 Å². The Morgan fingerprint density at radius 2 is 1.96 bits per heavy atom. The summed E-state index contributed by atoms with van der Waals surface area (Å²) in [6, 6.07) is 6.20. The summed E-state index contributed by atoms with van der Waals surface area (Å²) in [6.07, 6.45) is 6.78. The number of amides is 1. The molecule has 1 amide bonds. The zero-order chi connectivity index (χ0) is 18.1. The molecule has 1 N–H and O–H groups in total. The maximum atomic E-state index is 12.1. The van der Waals surface area contributed by atoms with E-state index >= 15 is 0 Å². The van der Waals surface area contributed by atoms with Crippen molar-refractivity contribution in [3.8, 4) is 5.75 Å². The molecule has 0 bridgehead atoms. The summed E-state index contributed by atoms with van der Waals surface area (Å²) in [5, 5.41) is 2.65. The largest absolute Gasteiger partial charge is 0.455 e. The van der Waals surface area contributed by atoms with Gasteiger partial charge in [0.05, 0.1) is 5.92 Å². The smallest absolute Gasteiger partial charge is 0.387 e. The molecule has 1 atom stereocenters. The first-order chi connectivity index (χ1) is 12.0. The van der Waals surface area contributed by atoms with E-state index in [0.29, 0.717) is 19.4 Å². The number of nitrogens with one attached hydrogen (secondary N) is 1. The highest BCUT2D eigenvalue weighted by molar-refractivity contribution is 5.81. The van der Waals surface area contributed by atoms with E-state index in [1.165, 1.54) is 12.1 Å². The summed E-state index contributed by atoms with van der Waals surface area (Å²) in [6.45, 7) is -2.78. The van der Waals surface area contributed by atoms with Crippen molar-refractivity contribution >= 4 is 11.9 Å². The average molecular weight is 353 g/mol. The van der Waals surface area contributed by atoms with Gasteiger partial charge in [0.2, 0.25) is 0 Å². The summed E-state index contributed by atoms with van der Waals surface area (Å²) in [7, 11) is 0. The van der Waals surface area contributed by atoms with Crippen molar-refractivity contribution in [3.63, 3.8) is 0 Å². The summed E-state index contributed by atoms with van der Waals surface area (Å²) in [4.78, 5) is 23.5. The van der Waals surface area contributed by atoms with E-state index in [2.05, 4.69) is 10.1 Å². The number of carbonyl (C=O) groups excluding carboxylic acids is 2. The second-order valence-electron chi connectivity index (χ2n) is 5.71. The normalized spacial score (nSPS) is 16.5. The van der Waals surface area contributed by atoms with Gasteiger partial charge in [-0.25, -0.2) is 0 Å². The van der Waals surface area contributed by atoms with E-state index < -0.39 is 6.61 Å². The molecule has 1 aliphatic rings. The number of hydrogen-bond acceptors (Lipinski definition) is 4. The molecule has 0 radical (unpaired) electrons. The lowest BCUT2D eigenvalue weighted by Crippen LogP contribution is -2.31. The predicted molar refractivity (Wildman–Crippen MR) is 87.2 cm³/mol. The minimum absolute atomic E-state index is 0.0901. The standard InChI is InChI=1S/C18H21F2NO4/c19-18(20)25-15-8-6-13(7-9-15)10-11-21-16(22)12-24-17(23)14-4-2-1-3-5-14/h1-2,6-9,14,18H,3-5,10-12H2,(H,21,22)/t14-/m0/s1. The quantitative estimate of drug-likeness (QED) is 0.577. The zero-order valence-corrected chi connectivity index (χ0v) is 13.8. The van der Waals surface area contributed by atoms with Gasteiger partial charge in [0.25, 0.3) is 5.91 Å². The molecule has 2 rings (SSSR count). The molecule has 1 aliphatic carbocycles. The first-order valence-corrected chi connectivity index (χ1v) is 8.16. The van der Waals surface area contributed by atoms with Crippen LogP contribution in [0.5, 0.6) is 5.75 Å². The van der Waals surface area contributed by atoms with Crippen LogP contribution in [0.25, 0.3) is 0 Å². The Balaban J connectivity index is 1.63. The minimum atomic E-state index is -2.85. The van der Waals surface area contributed by atoms with Crippen molar-refractivity contribution in [3.05, 3.63) is 42.0 Å². The molecule has 0 saturated heterocycles. The van der Waals surface area contributed by atoms with Crippen LogP contribution in [0.3, 0.4) is 0 Å². The molecule has 1 aromatic rings. The van der Waals surface area contributed by atoms with Gasteiger partial charge in [-0.3, -0.25) is 9.59 Å². The monoisotopic (exact) mass is 353 g/mol. The number of allylic oxidation sites excluding steroid dienone is 2. The Morgan fingerprint density at radius 1 is 1.20 bits per heavy atom. The van der Waals surface area contributed by atoms with Gasteiger partial charge in [-0.15, -0.1) is 0 Å². The van der Waals surface area contributed by atoms with Gasteiger partial charge in [-0.1, -0.05) is 24.3 Å². The number of halogens is 2. The Kier molecular flexibility index (Phi) is 7.37. The third-order valence-electron chi connectivity index (χ3n) is 3.83. The first kappa shape index (κ1) is 18.9. The molecule has 0 aliphatic heterocycles. The van der Waals surface area contributed by atoms with Crippen LogP contribution < -0.4 is 10.1 Å². The van der Waals surface area contributed by atoms with E-state index in [0.717, 1.165) is 18.4 Å². The Morgan fingerprint density at radius 3 is 2.60 bits per heavy atom. The summed E-state index contributed by atoms with van der Waals surface area (Å²) in [5.74, 6) is -0.773. The lowest BCUT2D eigenvalue weighted by Gasteiger charge is -2.16. The molecule has 25 heavy (non-hydrogen) atoms. The first-order valence-electron chi connectivity index (χ1n) is 8.16. The van der Waals surface area contributed by atoms with Gasteiger partial charge >= 0.3 is 12.6 Å². The molecular formula is C18H21F2NO4. The van der Waals surface area contributed by atoms with E-state index in [1.807, 2.05) is 12.2 Å². The molecule has 0 spiro atoms. The molecule has 136 valence electrons. The number of benzene rings is 1. The fourth-order valence-corrected chi connectivity index (χ4v) is 2.50.